The van der Waals surface area contributed by atoms with Gasteiger partial charge in [0.25, 0.3) is 0 Å². The zero-order valence-electron chi connectivity index (χ0n) is 15.3. The number of aromatic amines is 1. The molecular weight excluding hydrogens is 476 g/mol. The molecule has 4 rings (SSSR count). The number of anilines is 2. The Labute approximate surface area is 183 Å². The molecule has 3 aromatic rings. The van der Waals surface area contributed by atoms with Crippen LogP contribution in [-0.2, 0) is 4.79 Å². The van der Waals surface area contributed by atoms with Gasteiger partial charge in [-0.2, -0.15) is 10.1 Å². The first-order valence-corrected chi connectivity index (χ1v) is 10.4. The third-order valence-electron chi connectivity index (χ3n) is 3.82. The van der Waals surface area contributed by atoms with Crippen molar-refractivity contribution in [3.8, 4) is 17.2 Å². The van der Waals surface area contributed by atoms with Gasteiger partial charge in [-0.3, -0.25) is 4.79 Å². The number of rotatable bonds is 7. The van der Waals surface area contributed by atoms with Crippen molar-refractivity contribution in [2.75, 3.05) is 23.3 Å². The number of carbonyl (C=O) groups is 1. The zero-order valence-corrected chi connectivity index (χ0v) is 17.7. The second-order valence-electron chi connectivity index (χ2n) is 5.94. The number of ether oxygens (including phenoxy) is 2. The fourth-order valence-electron chi connectivity index (χ4n) is 2.45. The minimum Gasteiger partial charge on any atom is -0.507 e. The number of hydrogen-bond donors (Lipinski definition) is 4. The van der Waals surface area contributed by atoms with Gasteiger partial charge in [-0.15, -0.1) is 5.10 Å². The number of nitrogens with zero attached hydrogens (tertiary/aromatic N) is 3. The molecule has 30 heavy (non-hydrogen) atoms. The van der Waals surface area contributed by atoms with Crippen molar-refractivity contribution in [3.63, 3.8) is 0 Å². The van der Waals surface area contributed by atoms with Crippen LogP contribution in [0.15, 0.2) is 51.1 Å². The fourth-order valence-corrected chi connectivity index (χ4v) is 3.43. The number of phenolic OH excluding ortho intramolecular Hbond substituents is 1. The van der Waals surface area contributed by atoms with Crippen LogP contribution in [0.25, 0.3) is 0 Å². The average Bonchev–Trinajstić information content (AvgIpc) is 3.38. The van der Waals surface area contributed by atoms with Crippen molar-refractivity contribution in [2.45, 2.75) is 5.16 Å². The molecule has 2 heterocycles. The highest BCUT2D eigenvalue weighted by Crippen LogP contribution is 2.34. The first-order chi connectivity index (χ1) is 14.6. The molecule has 0 atom stereocenters. The van der Waals surface area contributed by atoms with E-state index in [0.717, 1.165) is 4.47 Å². The summed E-state index contributed by atoms with van der Waals surface area (Å²) in [6.07, 6.45) is 1.45. The van der Waals surface area contributed by atoms with Crippen molar-refractivity contribution in [2.24, 2.45) is 5.10 Å². The number of phenols is 1. The molecule has 4 N–H and O–H groups in total. The molecule has 0 unspecified atom stereocenters. The monoisotopic (exact) mass is 490 g/mol. The number of fused-ring (bicyclic) bond motifs is 1. The molecule has 12 heteroatoms. The van der Waals surface area contributed by atoms with Gasteiger partial charge in [0.1, 0.15) is 5.75 Å². The first kappa shape index (κ1) is 20.0. The second-order valence-corrected chi connectivity index (χ2v) is 7.80. The summed E-state index contributed by atoms with van der Waals surface area (Å²) in [5, 5.41) is 23.7. The van der Waals surface area contributed by atoms with Crippen LogP contribution in [-0.4, -0.2) is 45.0 Å². The summed E-state index contributed by atoms with van der Waals surface area (Å²) in [4.78, 5) is 16.3. The molecule has 1 aliphatic rings. The van der Waals surface area contributed by atoms with Gasteiger partial charge in [-0.25, -0.2) is 10.5 Å². The number of hydrogen-bond acceptors (Lipinski definition) is 9. The van der Waals surface area contributed by atoms with E-state index in [2.05, 4.69) is 47.0 Å². The topological polar surface area (TPSA) is 134 Å². The van der Waals surface area contributed by atoms with Gasteiger partial charge in [-0.1, -0.05) is 27.7 Å². The van der Waals surface area contributed by atoms with Gasteiger partial charge in [0, 0.05) is 21.8 Å². The summed E-state index contributed by atoms with van der Waals surface area (Å²) in [6.45, 7) is 0.178. The summed E-state index contributed by atoms with van der Waals surface area (Å²) in [5.74, 6) is 1.58. The van der Waals surface area contributed by atoms with E-state index in [9.17, 15) is 9.90 Å². The van der Waals surface area contributed by atoms with E-state index in [1.165, 1.54) is 18.0 Å². The van der Waals surface area contributed by atoms with Gasteiger partial charge >= 0.3 is 0 Å². The summed E-state index contributed by atoms with van der Waals surface area (Å²) < 4.78 is 11.3. The lowest BCUT2D eigenvalue weighted by Gasteiger charge is -2.05. The summed E-state index contributed by atoms with van der Waals surface area (Å²) in [5.41, 5.74) is 3.84. The van der Waals surface area contributed by atoms with Crippen molar-refractivity contribution < 1.29 is 19.4 Å². The van der Waals surface area contributed by atoms with E-state index < -0.39 is 0 Å². The van der Waals surface area contributed by atoms with Crippen LogP contribution in [0, 0.1) is 0 Å². The molecule has 1 aromatic heterocycles. The Kier molecular flexibility index (Phi) is 6.05. The Balaban J connectivity index is 1.26. The van der Waals surface area contributed by atoms with Crippen LogP contribution in [0.1, 0.15) is 5.56 Å². The van der Waals surface area contributed by atoms with Gasteiger partial charge in [0.05, 0.1) is 12.0 Å². The molecule has 0 saturated heterocycles. The molecule has 0 radical (unpaired) electrons. The second kappa shape index (κ2) is 9.05. The Morgan fingerprint density at radius 1 is 1.30 bits per heavy atom. The molecular formula is C18H15BrN6O4S. The lowest BCUT2D eigenvalue weighted by atomic mass is 10.2. The Bertz CT molecular complexity index is 1110. The highest BCUT2D eigenvalue weighted by molar-refractivity contribution is 9.10. The number of amides is 1. The van der Waals surface area contributed by atoms with Crippen LogP contribution in [0.3, 0.4) is 0 Å². The molecule has 0 bridgehead atoms. The average molecular weight is 491 g/mol. The summed E-state index contributed by atoms with van der Waals surface area (Å²) in [6, 6.07) is 10.2. The van der Waals surface area contributed by atoms with Crippen molar-refractivity contribution >= 4 is 51.4 Å². The maximum atomic E-state index is 12.1. The predicted octanol–water partition coefficient (Wildman–Crippen LogP) is 3.18. The molecule has 154 valence electrons. The lowest BCUT2D eigenvalue weighted by Crippen LogP contribution is -2.14. The number of aromatic nitrogens is 3. The van der Waals surface area contributed by atoms with Crippen LogP contribution in [0.5, 0.6) is 17.2 Å². The van der Waals surface area contributed by atoms with Gasteiger partial charge < -0.3 is 19.9 Å². The zero-order chi connectivity index (χ0) is 20.9. The first-order valence-electron chi connectivity index (χ1n) is 8.59. The maximum Gasteiger partial charge on any atom is 0.240 e. The third kappa shape index (κ3) is 5.02. The van der Waals surface area contributed by atoms with E-state index in [1.807, 2.05) is 0 Å². The fraction of sp³-hybridized carbons (Fsp3) is 0.111. The SMILES string of the molecule is O=C(CSc1n[nH]c(N/N=C\c2cc(Br)ccc2O)n1)Nc1ccc2c(c1)OCO2. The number of aromatic hydroxyl groups is 1. The Hall–Kier alpha value is -3.25. The number of carbonyl (C=O) groups excluding carboxylic acids is 1. The van der Waals surface area contributed by atoms with E-state index in [1.54, 1.807) is 36.4 Å². The van der Waals surface area contributed by atoms with Crippen LogP contribution in [0.4, 0.5) is 11.6 Å². The van der Waals surface area contributed by atoms with Crippen LogP contribution >= 0.6 is 27.7 Å². The van der Waals surface area contributed by atoms with E-state index in [-0.39, 0.29) is 24.2 Å². The highest BCUT2D eigenvalue weighted by Gasteiger charge is 2.14. The maximum absolute atomic E-state index is 12.1. The minimum absolute atomic E-state index is 0.103. The smallest absolute Gasteiger partial charge is 0.240 e. The summed E-state index contributed by atoms with van der Waals surface area (Å²) in [7, 11) is 0. The number of thioether (sulfide) groups is 1. The third-order valence-corrected chi connectivity index (χ3v) is 5.16. The van der Waals surface area contributed by atoms with E-state index in [0.29, 0.717) is 33.9 Å². The normalized spacial score (nSPS) is 12.3. The standard InChI is InChI=1S/C18H15BrN6O4S/c19-11-1-3-13(26)10(5-11)7-20-23-17-22-18(25-24-17)30-8-16(27)21-12-2-4-14-15(6-12)29-9-28-14/h1-7,26H,8-9H2,(H,21,27)(H2,22,23,24,25)/b20-7-. The Morgan fingerprint density at radius 2 is 2.17 bits per heavy atom. The van der Waals surface area contributed by atoms with Gasteiger partial charge in [0.15, 0.2) is 11.5 Å². The number of halogens is 1. The summed E-state index contributed by atoms with van der Waals surface area (Å²) >= 11 is 4.50. The van der Waals surface area contributed by atoms with Crippen molar-refractivity contribution in [1.29, 1.82) is 0 Å². The molecule has 1 amide bonds. The quantitative estimate of drug-likeness (QED) is 0.225. The van der Waals surface area contributed by atoms with Crippen molar-refractivity contribution in [3.05, 3.63) is 46.4 Å². The molecule has 0 aliphatic carbocycles. The van der Waals surface area contributed by atoms with E-state index in [4.69, 9.17) is 9.47 Å². The van der Waals surface area contributed by atoms with Gasteiger partial charge in [0.2, 0.25) is 23.8 Å². The lowest BCUT2D eigenvalue weighted by molar-refractivity contribution is -0.113. The molecule has 1 aliphatic heterocycles. The molecule has 0 spiro atoms. The molecule has 10 nitrogen and oxygen atoms in total. The highest BCUT2D eigenvalue weighted by atomic mass is 79.9. The molecule has 0 fully saturated rings. The van der Waals surface area contributed by atoms with Crippen molar-refractivity contribution in [1.82, 2.24) is 15.2 Å². The number of nitrogens with one attached hydrogen (secondary N) is 3. The Morgan fingerprint density at radius 3 is 3.07 bits per heavy atom. The largest absolute Gasteiger partial charge is 0.507 e. The molecule has 2 aromatic carbocycles. The number of benzene rings is 2. The van der Waals surface area contributed by atoms with Gasteiger partial charge in [-0.05, 0) is 30.3 Å². The predicted molar refractivity (Wildman–Crippen MR) is 115 cm³/mol. The minimum atomic E-state index is -0.207. The molecule has 0 saturated carbocycles. The van der Waals surface area contributed by atoms with Crippen LogP contribution < -0.4 is 20.2 Å². The van der Waals surface area contributed by atoms with E-state index >= 15 is 0 Å². The number of H-pyrrole nitrogens is 1. The number of hydrazone groups is 1. The van der Waals surface area contributed by atoms with Crippen LogP contribution in [0.2, 0.25) is 0 Å².